The predicted octanol–water partition coefficient (Wildman–Crippen LogP) is 3.39. The van der Waals surface area contributed by atoms with Crippen molar-refractivity contribution >= 4 is 5.78 Å². The van der Waals surface area contributed by atoms with E-state index in [0.717, 1.165) is 31.4 Å². The Balaban J connectivity index is 1.98. The van der Waals surface area contributed by atoms with Gasteiger partial charge in [-0.05, 0) is 37.3 Å². The smallest absolute Gasteiger partial charge is 0.165 e. The highest BCUT2D eigenvalue weighted by Gasteiger charge is 2.18. The fraction of sp³-hybridized carbons (Fsp3) is 0.533. The van der Waals surface area contributed by atoms with Gasteiger partial charge in [-0.3, -0.25) is 4.79 Å². The third-order valence-electron chi connectivity index (χ3n) is 3.34. The van der Waals surface area contributed by atoms with Gasteiger partial charge in [-0.1, -0.05) is 25.1 Å². The molecule has 0 saturated carbocycles. The second kappa shape index (κ2) is 5.97. The second-order valence-corrected chi connectivity index (χ2v) is 4.67. The van der Waals surface area contributed by atoms with Gasteiger partial charge >= 0.3 is 0 Å². The van der Waals surface area contributed by atoms with E-state index in [1.54, 1.807) is 0 Å². The van der Waals surface area contributed by atoms with E-state index < -0.39 is 0 Å². The van der Waals surface area contributed by atoms with E-state index in [2.05, 4.69) is 13.0 Å². The zero-order chi connectivity index (χ0) is 12.1. The molecule has 0 aliphatic carbocycles. The Morgan fingerprint density at radius 1 is 1.41 bits per heavy atom. The molecule has 1 aromatic carbocycles. The van der Waals surface area contributed by atoms with Crippen LogP contribution in [-0.2, 0) is 11.2 Å². The molecule has 2 nitrogen and oxygen atoms in total. The van der Waals surface area contributed by atoms with E-state index in [0.29, 0.717) is 6.42 Å². The predicted molar refractivity (Wildman–Crippen MR) is 68.4 cm³/mol. The summed E-state index contributed by atoms with van der Waals surface area (Å²) in [4.78, 5) is 12.1. The first-order valence-corrected chi connectivity index (χ1v) is 6.53. The van der Waals surface area contributed by atoms with Crippen molar-refractivity contribution in [2.45, 2.75) is 45.1 Å². The van der Waals surface area contributed by atoms with Gasteiger partial charge in [0.2, 0.25) is 0 Å². The Hall–Kier alpha value is -1.15. The number of ketones is 1. The van der Waals surface area contributed by atoms with Crippen molar-refractivity contribution in [1.29, 1.82) is 0 Å². The second-order valence-electron chi connectivity index (χ2n) is 4.67. The minimum absolute atomic E-state index is 0.140. The Kier molecular flexibility index (Phi) is 4.32. The third-order valence-corrected chi connectivity index (χ3v) is 3.34. The molecule has 1 fully saturated rings. The summed E-state index contributed by atoms with van der Waals surface area (Å²) in [7, 11) is 0. The Bertz CT molecular complexity index is 378. The molecule has 1 aromatic rings. The zero-order valence-corrected chi connectivity index (χ0v) is 10.4. The molecule has 2 heteroatoms. The first kappa shape index (κ1) is 12.3. The highest BCUT2D eigenvalue weighted by Crippen LogP contribution is 2.18. The summed E-state index contributed by atoms with van der Waals surface area (Å²) in [5.74, 6) is 0.215. The molecule has 1 saturated heterocycles. The number of ether oxygens (including phenoxy) is 1. The highest BCUT2D eigenvalue weighted by molar-refractivity contribution is 5.96. The van der Waals surface area contributed by atoms with Crippen LogP contribution in [0.1, 0.15) is 48.5 Å². The number of rotatable bonds is 4. The van der Waals surface area contributed by atoms with Crippen LogP contribution in [0.4, 0.5) is 0 Å². The maximum Gasteiger partial charge on any atom is 0.165 e. The lowest BCUT2D eigenvalue weighted by Crippen LogP contribution is -2.22. The molecule has 17 heavy (non-hydrogen) atoms. The molecule has 0 aromatic heterocycles. The number of hydrogen-bond acceptors (Lipinski definition) is 2. The highest BCUT2D eigenvalue weighted by atomic mass is 16.5. The van der Waals surface area contributed by atoms with Crippen molar-refractivity contribution in [2.24, 2.45) is 0 Å². The lowest BCUT2D eigenvalue weighted by Gasteiger charge is -2.21. The van der Waals surface area contributed by atoms with E-state index >= 15 is 0 Å². The summed E-state index contributed by atoms with van der Waals surface area (Å²) >= 11 is 0. The largest absolute Gasteiger partial charge is 0.378 e. The maximum absolute atomic E-state index is 12.1. The first-order valence-electron chi connectivity index (χ1n) is 6.53. The zero-order valence-electron chi connectivity index (χ0n) is 10.4. The van der Waals surface area contributed by atoms with Crippen molar-refractivity contribution in [3.05, 3.63) is 35.4 Å². The van der Waals surface area contributed by atoms with Crippen LogP contribution in [0.25, 0.3) is 0 Å². The fourth-order valence-corrected chi connectivity index (χ4v) is 2.26. The van der Waals surface area contributed by atoms with Gasteiger partial charge in [0.1, 0.15) is 0 Å². The van der Waals surface area contributed by atoms with Crippen LogP contribution in [0.5, 0.6) is 0 Å². The number of hydrogen-bond donors (Lipinski definition) is 0. The Morgan fingerprint density at radius 3 is 3.00 bits per heavy atom. The van der Waals surface area contributed by atoms with Gasteiger partial charge in [0, 0.05) is 18.6 Å². The average Bonchev–Trinajstić information content (AvgIpc) is 2.40. The van der Waals surface area contributed by atoms with Crippen LogP contribution < -0.4 is 0 Å². The lowest BCUT2D eigenvalue weighted by atomic mass is 9.98. The monoisotopic (exact) mass is 232 g/mol. The van der Waals surface area contributed by atoms with Crippen molar-refractivity contribution in [2.75, 3.05) is 6.61 Å². The van der Waals surface area contributed by atoms with E-state index in [4.69, 9.17) is 4.74 Å². The topological polar surface area (TPSA) is 26.3 Å². The maximum atomic E-state index is 12.1. The molecule has 2 rings (SSSR count). The van der Waals surface area contributed by atoms with Crippen LogP contribution in [0.15, 0.2) is 24.3 Å². The van der Waals surface area contributed by atoms with Crippen molar-refractivity contribution < 1.29 is 9.53 Å². The number of benzene rings is 1. The fourth-order valence-electron chi connectivity index (χ4n) is 2.26. The molecule has 0 spiro atoms. The Labute approximate surface area is 103 Å². The minimum atomic E-state index is 0.140. The van der Waals surface area contributed by atoms with Crippen molar-refractivity contribution in [1.82, 2.24) is 0 Å². The molecule has 1 aliphatic heterocycles. The van der Waals surface area contributed by atoms with Crippen LogP contribution in [0.3, 0.4) is 0 Å². The molecule has 1 heterocycles. The number of aryl methyl sites for hydroxylation is 1. The molecule has 0 radical (unpaired) electrons. The van der Waals surface area contributed by atoms with Crippen LogP contribution in [-0.4, -0.2) is 18.5 Å². The van der Waals surface area contributed by atoms with Gasteiger partial charge in [-0.25, -0.2) is 0 Å². The van der Waals surface area contributed by atoms with Gasteiger partial charge in [-0.15, -0.1) is 0 Å². The SMILES string of the molecule is CCc1cccc(C(=O)CC2CCCCO2)c1. The van der Waals surface area contributed by atoms with Crippen molar-refractivity contribution in [3.63, 3.8) is 0 Å². The standard InChI is InChI=1S/C15H20O2/c1-2-12-6-5-7-13(10-12)15(16)11-14-8-3-4-9-17-14/h5-7,10,14H,2-4,8-9,11H2,1H3. The van der Waals surface area contributed by atoms with Gasteiger partial charge in [-0.2, -0.15) is 0 Å². The molecule has 1 unspecified atom stereocenters. The normalized spacial score (nSPS) is 20.2. The van der Waals surface area contributed by atoms with Gasteiger partial charge < -0.3 is 4.74 Å². The number of carbonyl (C=O) groups excluding carboxylic acids is 1. The van der Waals surface area contributed by atoms with E-state index in [-0.39, 0.29) is 11.9 Å². The number of carbonyl (C=O) groups is 1. The Morgan fingerprint density at radius 2 is 2.29 bits per heavy atom. The third kappa shape index (κ3) is 3.40. The molecular weight excluding hydrogens is 212 g/mol. The van der Waals surface area contributed by atoms with Crippen molar-refractivity contribution in [3.8, 4) is 0 Å². The molecule has 92 valence electrons. The quantitative estimate of drug-likeness (QED) is 0.744. The lowest BCUT2D eigenvalue weighted by molar-refractivity contribution is 0.0129. The van der Waals surface area contributed by atoms with Gasteiger partial charge in [0.05, 0.1) is 6.10 Å². The first-order chi connectivity index (χ1) is 8.29. The molecule has 0 bridgehead atoms. The van der Waals surface area contributed by atoms with Gasteiger partial charge in [0.15, 0.2) is 5.78 Å². The summed E-state index contributed by atoms with van der Waals surface area (Å²) in [6.45, 7) is 2.92. The van der Waals surface area contributed by atoms with Crippen LogP contribution in [0, 0.1) is 0 Å². The molecule has 0 N–H and O–H groups in total. The van der Waals surface area contributed by atoms with E-state index in [1.165, 1.54) is 12.0 Å². The summed E-state index contributed by atoms with van der Waals surface area (Å²) in [5, 5.41) is 0. The molecule has 1 atom stereocenters. The summed E-state index contributed by atoms with van der Waals surface area (Å²) in [5.41, 5.74) is 2.05. The summed E-state index contributed by atoms with van der Waals surface area (Å²) in [6.07, 6.45) is 5.00. The number of Topliss-reactive ketones (excluding diaryl/α,β-unsaturated/α-hetero) is 1. The average molecular weight is 232 g/mol. The van der Waals surface area contributed by atoms with Crippen LogP contribution >= 0.6 is 0 Å². The van der Waals surface area contributed by atoms with E-state index in [1.807, 2.05) is 18.2 Å². The molecular formula is C15H20O2. The minimum Gasteiger partial charge on any atom is -0.378 e. The molecule has 1 aliphatic rings. The molecule has 0 amide bonds. The van der Waals surface area contributed by atoms with Crippen LogP contribution in [0.2, 0.25) is 0 Å². The summed E-state index contributed by atoms with van der Waals surface area (Å²) in [6, 6.07) is 7.94. The summed E-state index contributed by atoms with van der Waals surface area (Å²) < 4.78 is 5.61. The van der Waals surface area contributed by atoms with E-state index in [9.17, 15) is 4.79 Å². The van der Waals surface area contributed by atoms with Gasteiger partial charge in [0.25, 0.3) is 0 Å².